The van der Waals surface area contributed by atoms with Gasteiger partial charge in [0.25, 0.3) is 0 Å². The van der Waals surface area contributed by atoms with E-state index >= 15 is 0 Å². The summed E-state index contributed by atoms with van der Waals surface area (Å²) in [5.41, 5.74) is 1.10. The molecule has 0 heterocycles. The van der Waals surface area contributed by atoms with E-state index in [0.29, 0.717) is 22.4 Å². The van der Waals surface area contributed by atoms with Crippen LogP contribution < -0.4 is 5.32 Å². The molecule has 3 heteroatoms. The highest BCUT2D eigenvalue weighted by atomic mass is 35.5. The molecule has 1 nitrogen and oxygen atoms in total. The van der Waals surface area contributed by atoms with Crippen molar-refractivity contribution in [3.05, 3.63) is 34.6 Å². The van der Waals surface area contributed by atoms with Crippen molar-refractivity contribution in [3.63, 3.8) is 0 Å². The largest absolute Gasteiger partial charge is 0.314 e. The van der Waals surface area contributed by atoms with E-state index in [4.69, 9.17) is 11.6 Å². The van der Waals surface area contributed by atoms with Gasteiger partial charge in [0, 0.05) is 11.1 Å². The van der Waals surface area contributed by atoms with E-state index in [-0.39, 0.29) is 5.82 Å². The summed E-state index contributed by atoms with van der Waals surface area (Å²) in [6.07, 6.45) is 5.85. The quantitative estimate of drug-likeness (QED) is 0.786. The lowest BCUT2D eigenvalue weighted by Gasteiger charge is -2.43. The van der Waals surface area contributed by atoms with Crippen molar-refractivity contribution < 1.29 is 4.39 Å². The first-order valence-electron chi connectivity index (χ1n) is 8.11. The van der Waals surface area contributed by atoms with Gasteiger partial charge in [0.15, 0.2) is 0 Å². The van der Waals surface area contributed by atoms with Crippen molar-refractivity contribution >= 4 is 11.6 Å². The number of halogens is 2. The number of benzene rings is 1. The molecule has 1 N–H and O–H groups in total. The van der Waals surface area contributed by atoms with Crippen LogP contribution in [0.15, 0.2) is 18.2 Å². The molecule has 0 aromatic heterocycles. The smallest absolute Gasteiger partial charge is 0.127 e. The standard InChI is InChI=1S/C18H27ClFN/c1-4-21-17(15-7-5-6-10-18(15,2)3)11-13-8-9-14(19)12-16(13)20/h8-9,12,15,17,21H,4-7,10-11H2,1-3H3. The summed E-state index contributed by atoms with van der Waals surface area (Å²) >= 11 is 5.85. The number of rotatable bonds is 5. The van der Waals surface area contributed by atoms with E-state index in [1.165, 1.54) is 31.7 Å². The van der Waals surface area contributed by atoms with E-state index in [2.05, 4.69) is 26.1 Å². The van der Waals surface area contributed by atoms with Gasteiger partial charge in [-0.25, -0.2) is 4.39 Å². The molecule has 0 amide bonds. The molecular weight excluding hydrogens is 285 g/mol. The van der Waals surface area contributed by atoms with Crippen molar-refractivity contribution in [2.45, 2.75) is 58.9 Å². The normalized spacial score (nSPS) is 23.0. The SMILES string of the molecule is CCNC(Cc1ccc(Cl)cc1F)C1CCCCC1(C)C. The summed E-state index contributed by atoms with van der Waals surface area (Å²) in [6.45, 7) is 7.77. The summed E-state index contributed by atoms with van der Waals surface area (Å²) in [7, 11) is 0. The fourth-order valence-corrected chi connectivity index (χ4v) is 3.97. The lowest BCUT2D eigenvalue weighted by atomic mass is 9.65. The van der Waals surface area contributed by atoms with Crippen LogP contribution in [0.5, 0.6) is 0 Å². The molecule has 1 fully saturated rings. The second-order valence-electron chi connectivity index (χ2n) is 6.94. The maximum atomic E-state index is 14.1. The summed E-state index contributed by atoms with van der Waals surface area (Å²) in [5.74, 6) is 0.417. The van der Waals surface area contributed by atoms with Crippen LogP contribution in [0, 0.1) is 17.2 Å². The van der Waals surface area contributed by atoms with Gasteiger partial charge in [-0.15, -0.1) is 0 Å². The van der Waals surface area contributed by atoms with Gasteiger partial charge < -0.3 is 5.32 Å². The number of hydrogen-bond acceptors (Lipinski definition) is 1. The van der Waals surface area contributed by atoms with E-state index in [1.54, 1.807) is 6.07 Å². The van der Waals surface area contributed by atoms with Crippen LogP contribution in [0.2, 0.25) is 5.02 Å². The number of likely N-dealkylation sites (N-methyl/N-ethyl adjacent to an activating group) is 1. The number of hydrogen-bond donors (Lipinski definition) is 1. The van der Waals surface area contributed by atoms with Gasteiger partial charge in [0.1, 0.15) is 5.82 Å². The van der Waals surface area contributed by atoms with Gasteiger partial charge in [-0.1, -0.05) is 51.3 Å². The van der Waals surface area contributed by atoms with Gasteiger partial charge >= 0.3 is 0 Å². The molecule has 2 unspecified atom stereocenters. The lowest BCUT2D eigenvalue weighted by Crippen LogP contribution is -2.46. The molecule has 0 radical (unpaired) electrons. The zero-order valence-electron chi connectivity index (χ0n) is 13.4. The minimum Gasteiger partial charge on any atom is -0.314 e. The van der Waals surface area contributed by atoms with E-state index in [1.807, 2.05) is 6.07 Å². The van der Waals surface area contributed by atoms with E-state index in [0.717, 1.165) is 18.5 Å². The summed E-state index contributed by atoms with van der Waals surface area (Å²) < 4.78 is 14.1. The minimum absolute atomic E-state index is 0.181. The van der Waals surface area contributed by atoms with E-state index in [9.17, 15) is 4.39 Å². The first-order chi connectivity index (χ1) is 9.94. The molecule has 2 atom stereocenters. The molecule has 1 aromatic carbocycles. The average Bonchev–Trinajstić information content (AvgIpc) is 2.41. The molecule has 1 aromatic rings. The van der Waals surface area contributed by atoms with Crippen LogP contribution in [-0.2, 0) is 6.42 Å². The highest BCUT2D eigenvalue weighted by Crippen LogP contribution is 2.43. The van der Waals surface area contributed by atoms with Crippen molar-refractivity contribution in [1.82, 2.24) is 5.32 Å². The molecule has 1 saturated carbocycles. The predicted octanol–water partition coefficient (Wildman–Crippen LogP) is 5.22. The molecule has 21 heavy (non-hydrogen) atoms. The summed E-state index contributed by atoms with van der Waals surface area (Å²) in [5, 5.41) is 4.07. The van der Waals surface area contributed by atoms with Crippen LogP contribution in [-0.4, -0.2) is 12.6 Å². The maximum absolute atomic E-state index is 14.1. The summed E-state index contributed by atoms with van der Waals surface area (Å²) in [6, 6.07) is 5.37. The Balaban J connectivity index is 2.18. The highest BCUT2D eigenvalue weighted by Gasteiger charge is 2.37. The molecular formula is C18H27ClFN. The van der Waals surface area contributed by atoms with Crippen LogP contribution in [0.1, 0.15) is 52.0 Å². The molecule has 1 aliphatic rings. The first kappa shape index (κ1) is 16.8. The molecule has 0 aliphatic heterocycles. The molecule has 1 aliphatic carbocycles. The zero-order chi connectivity index (χ0) is 15.5. The molecule has 0 saturated heterocycles. The Morgan fingerprint density at radius 2 is 2.14 bits per heavy atom. The molecule has 2 rings (SSSR count). The van der Waals surface area contributed by atoms with Crippen molar-refractivity contribution in [2.24, 2.45) is 11.3 Å². The third-order valence-corrected chi connectivity index (χ3v) is 5.23. The first-order valence-corrected chi connectivity index (χ1v) is 8.49. The maximum Gasteiger partial charge on any atom is 0.127 e. The minimum atomic E-state index is -0.181. The summed E-state index contributed by atoms with van der Waals surface area (Å²) in [4.78, 5) is 0. The van der Waals surface area contributed by atoms with E-state index < -0.39 is 0 Å². The second kappa shape index (κ2) is 7.11. The molecule has 118 valence electrons. The number of nitrogens with one attached hydrogen (secondary N) is 1. The topological polar surface area (TPSA) is 12.0 Å². The third-order valence-electron chi connectivity index (χ3n) is 5.00. The fourth-order valence-electron chi connectivity index (χ4n) is 3.81. The van der Waals surface area contributed by atoms with Crippen molar-refractivity contribution in [3.8, 4) is 0 Å². The van der Waals surface area contributed by atoms with Gasteiger partial charge in [0.05, 0.1) is 0 Å². The second-order valence-corrected chi connectivity index (χ2v) is 7.38. The zero-order valence-corrected chi connectivity index (χ0v) is 14.1. The Morgan fingerprint density at radius 3 is 2.76 bits per heavy atom. The Bertz CT molecular complexity index is 472. The highest BCUT2D eigenvalue weighted by molar-refractivity contribution is 6.30. The van der Waals surface area contributed by atoms with Crippen LogP contribution in [0.25, 0.3) is 0 Å². The van der Waals surface area contributed by atoms with Crippen molar-refractivity contribution in [1.29, 1.82) is 0 Å². The Morgan fingerprint density at radius 1 is 1.38 bits per heavy atom. The van der Waals surface area contributed by atoms with Crippen molar-refractivity contribution in [2.75, 3.05) is 6.54 Å². The monoisotopic (exact) mass is 311 g/mol. The molecule has 0 bridgehead atoms. The Kier molecular flexibility index (Phi) is 5.67. The lowest BCUT2D eigenvalue weighted by molar-refractivity contribution is 0.0984. The van der Waals surface area contributed by atoms with Crippen LogP contribution in [0.3, 0.4) is 0 Å². The van der Waals surface area contributed by atoms with Crippen LogP contribution in [0.4, 0.5) is 4.39 Å². The Labute approximate surface area is 133 Å². The van der Waals surface area contributed by atoms with Gasteiger partial charge in [0.2, 0.25) is 0 Å². The van der Waals surface area contributed by atoms with Gasteiger partial charge in [-0.05, 0) is 54.8 Å². The van der Waals surface area contributed by atoms with Gasteiger partial charge in [-0.3, -0.25) is 0 Å². The average molecular weight is 312 g/mol. The fraction of sp³-hybridized carbons (Fsp3) is 0.667. The Hall–Kier alpha value is -0.600. The van der Waals surface area contributed by atoms with Crippen LogP contribution >= 0.6 is 11.6 Å². The molecule has 0 spiro atoms. The predicted molar refractivity (Wildman–Crippen MR) is 88.3 cm³/mol. The van der Waals surface area contributed by atoms with Gasteiger partial charge in [-0.2, -0.15) is 0 Å². The third kappa shape index (κ3) is 4.20.